The first-order valence-electron chi connectivity index (χ1n) is 2.46. The van der Waals surface area contributed by atoms with E-state index in [9.17, 15) is 8.42 Å². The van der Waals surface area contributed by atoms with Crippen LogP contribution >= 0.6 is 11.8 Å². The van der Waals surface area contributed by atoms with Crippen molar-refractivity contribution in [2.75, 3.05) is 11.5 Å². The Bertz CT molecular complexity index is 170. The molecule has 48 valence electrons. The maximum Gasteiger partial charge on any atom is 0.162 e. The van der Waals surface area contributed by atoms with Crippen LogP contribution in [0.25, 0.3) is 0 Å². The van der Waals surface area contributed by atoms with Gasteiger partial charge in [-0.1, -0.05) is 0 Å². The van der Waals surface area contributed by atoms with Crippen LogP contribution < -0.4 is 0 Å². The van der Waals surface area contributed by atoms with Crippen LogP contribution in [-0.2, 0) is 9.84 Å². The Morgan fingerprint density at radius 1 is 1.62 bits per heavy atom. The van der Waals surface area contributed by atoms with Crippen molar-refractivity contribution >= 4 is 21.6 Å². The summed E-state index contributed by atoms with van der Waals surface area (Å²) >= 11 is 1.52. The minimum Gasteiger partial charge on any atom is -0.228 e. The predicted octanol–water partition coefficient (Wildman–Crippen LogP) is 0.494. The van der Waals surface area contributed by atoms with E-state index in [1.807, 2.05) is 0 Å². The molecule has 1 unspecified atom stereocenters. The Hall–Kier alpha value is 0.300. The molecule has 1 atom stereocenters. The summed E-state index contributed by atoms with van der Waals surface area (Å²) in [6, 6.07) is 0. The van der Waals surface area contributed by atoms with E-state index in [0.717, 1.165) is 5.75 Å². The molecule has 0 aliphatic carbocycles. The summed E-state index contributed by atoms with van der Waals surface area (Å²) in [5.74, 6) is 1.16. The van der Waals surface area contributed by atoms with Crippen molar-refractivity contribution in [3.63, 3.8) is 0 Å². The molecular weight excluding hydrogens is 144 g/mol. The van der Waals surface area contributed by atoms with Gasteiger partial charge in [-0.25, -0.2) is 8.42 Å². The second kappa shape index (κ2) is 1.92. The minimum atomic E-state index is -2.66. The smallest absolute Gasteiger partial charge is 0.162 e. The van der Waals surface area contributed by atoms with E-state index in [2.05, 4.69) is 0 Å². The molecule has 1 heterocycles. The Labute approximate surface area is 53.6 Å². The molecule has 2 nitrogen and oxygen atoms in total. The van der Waals surface area contributed by atoms with Gasteiger partial charge in [-0.2, -0.15) is 0 Å². The first-order valence-corrected chi connectivity index (χ1v) is 5.22. The Morgan fingerprint density at radius 3 is 2.38 bits per heavy atom. The van der Waals surface area contributed by atoms with Gasteiger partial charge in [0.1, 0.15) is 4.58 Å². The zero-order valence-electron chi connectivity index (χ0n) is 4.62. The third-order valence-electron chi connectivity index (χ3n) is 1.23. The largest absolute Gasteiger partial charge is 0.228 e. The van der Waals surface area contributed by atoms with E-state index in [0.29, 0.717) is 5.75 Å². The van der Waals surface area contributed by atoms with E-state index in [4.69, 9.17) is 0 Å². The van der Waals surface area contributed by atoms with Gasteiger partial charge in [-0.15, -0.1) is 11.8 Å². The van der Waals surface area contributed by atoms with Gasteiger partial charge >= 0.3 is 0 Å². The van der Waals surface area contributed by atoms with Crippen LogP contribution in [0.4, 0.5) is 0 Å². The molecule has 1 saturated heterocycles. The molecule has 1 fully saturated rings. The number of hydrogen-bond acceptors (Lipinski definition) is 3. The van der Waals surface area contributed by atoms with E-state index in [-0.39, 0.29) is 4.58 Å². The van der Waals surface area contributed by atoms with Gasteiger partial charge in [0, 0.05) is 5.75 Å². The summed E-state index contributed by atoms with van der Waals surface area (Å²) in [6.45, 7) is 1.74. The van der Waals surface area contributed by atoms with Crippen molar-refractivity contribution in [2.45, 2.75) is 11.5 Å². The average molecular weight is 152 g/mol. The highest BCUT2D eigenvalue weighted by atomic mass is 32.3. The Kier molecular flexibility index (Phi) is 1.54. The maximum absolute atomic E-state index is 10.7. The van der Waals surface area contributed by atoms with Crippen LogP contribution in [0.3, 0.4) is 0 Å². The van der Waals surface area contributed by atoms with Crippen LogP contribution in [-0.4, -0.2) is 24.5 Å². The molecule has 1 rings (SSSR count). The molecule has 0 aromatic rings. The van der Waals surface area contributed by atoms with Gasteiger partial charge in [-0.05, 0) is 6.92 Å². The molecule has 0 amide bonds. The number of thioether (sulfide) groups is 1. The summed E-state index contributed by atoms with van der Waals surface area (Å²) in [7, 11) is -2.66. The molecular formula is C4H8O2S2. The quantitative estimate of drug-likeness (QED) is 0.506. The SMILES string of the molecule is CC1SCCS1(=O)=O. The van der Waals surface area contributed by atoms with Crippen molar-refractivity contribution in [3.05, 3.63) is 0 Å². The predicted molar refractivity (Wildman–Crippen MR) is 35.7 cm³/mol. The topological polar surface area (TPSA) is 34.1 Å². The van der Waals surface area contributed by atoms with Crippen LogP contribution in [0.5, 0.6) is 0 Å². The fourth-order valence-corrected chi connectivity index (χ4v) is 3.98. The van der Waals surface area contributed by atoms with Gasteiger partial charge in [-0.3, -0.25) is 0 Å². The van der Waals surface area contributed by atoms with Crippen LogP contribution in [0.2, 0.25) is 0 Å². The van der Waals surface area contributed by atoms with E-state index in [1.165, 1.54) is 11.8 Å². The van der Waals surface area contributed by atoms with Crippen LogP contribution in [0.1, 0.15) is 6.92 Å². The normalized spacial score (nSPS) is 35.4. The third-order valence-corrected chi connectivity index (χ3v) is 5.47. The Balaban J connectivity index is 2.85. The lowest BCUT2D eigenvalue weighted by atomic mass is 11.0. The summed E-state index contributed by atoms with van der Waals surface area (Å²) in [4.78, 5) is 0. The number of sulfone groups is 1. The van der Waals surface area contributed by atoms with E-state index in [1.54, 1.807) is 6.92 Å². The molecule has 0 aromatic heterocycles. The van der Waals surface area contributed by atoms with E-state index >= 15 is 0 Å². The second-order valence-electron chi connectivity index (χ2n) is 1.81. The van der Waals surface area contributed by atoms with Gasteiger partial charge < -0.3 is 0 Å². The molecule has 0 radical (unpaired) electrons. The summed E-state index contributed by atoms with van der Waals surface area (Å²) in [5, 5.41) is 0. The van der Waals surface area contributed by atoms with Crippen LogP contribution in [0.15, 0.2) is 0 Å². The molecule has 0 saturated carbocycles. The third kappa shape index (κ3) is 1.00. The molecule has 0 bridgehead atoms. The molecule has 1 aliphatic heterocycles. The lowest BCUT2D eigenvalue weighted by Crippen LogP contribution is -2.08. The van der Waals surface area contributed by atoms with Gasteiger partial charge in [0.25, 0.3) is 0 Å². The maximum atomic E-state index is 10.7. The summed E-state index contributed by atoms with van der Waals surface area (Å²) in [5.41, 5.74) is 0. The molecule has 8 heavy (non-hydrogen) atoms. The average Bonchev–Trinajstić information content (AvgIpc) is 1.86. The fourth-order valence-electron chi connectivity index (χ4n) is 0.600. The second-order valence-corrected chi connectivity index (χ2v) is 5.99. The highest BCUT2D eigenvalue weighted by molar-refractivity contribution is 8.16. The molecule has 0 aromatic carbocycles. The minimum absolute atomic E-state index is 0.150. The zero-order chi connectivity index (χ0) is 6.20. The number of rotatable bonds is 0. The molecule has 1 aliphatic rings. The lowest BCUT2D eigenvalue weighted by molar-refractivity contribution is 0.598. The summed E-state index contributed by atoms with van der Waals surface area (Å²) < 4.78 is 21.3. The fraction of sp³-hybridized carbons (Fsp3) is 1.00. The standard InChI is InChI=1S/C4H8O2S2/c1-4-7-2-3-8(4,5)6/h4H,2-3H2,1H3. The van der Waals surface area contributed by atoms with Crippen molar-refractivity contribution in [3.8, 4) is 0 Å². The highest BCUT2D eigenvalue weighted by Crippen LogP contribution is 2.24. The van der Waals surface area contributed by atoms with Gasteiger partial charge in [0.05, 0.1) is 5.75 Å². The van der Waals surface area contributed by atoms with Crippen molar-refractivity contribution < 1.29 is 8.42 Å². The molecule has 4 heteroatoms. The number of hydrogen-bond donors (Lipinski definition) is 0. The van der Waals surface area contributed by atoms with Gasteiger partial charge in [0.2, 0.25) is 0 Å². The van der Waals surface area contributed by atoms with Crippen molar-refractivity contribution in [1.82, 2.24) is 0 Å². The molecule has 0 spiro atoms. The van der Waals surface area contributed by atoms with E-state index < -0.39 is 9.84 Å². The lowest BCUT2D eigenvalue weighted by Gasteiger charge is -1.95. The zero-order valence-corrected chi connectivity index (χ0v) is 6.26. The first-order chi connectivity index (χ1) is 3.63. The molecule has 0 N–H and O–H groups in total. The Morgan fingerprint density at radius 2 is 2.25 bits per heavy atom. The van der Waals surface area contributed by atoms with Crippen LogP contribution in [0, 0.1) is 0 Å². The summed E-state index contributed by atoms with van der Waals surface area (Å²) in [6.07, 6.45) is 0. The first kappa shape index (κ1) is 6.42. The highest BCUT2D eigenvalue weighted by Gasteiger charge is 2.26. The van der Waals surface area contributed by atoms with Gasteiger partial charge in [0.15, 0.2) is 9.84 Å². The van der Waals surface area contributed by atoms with Crippen molar-refractivity contribution in [2.24, 2.45) is 0 Å². The monoisotopic (exact) mass is 152 g/mol. The van der Waals surface area contributed by atoms with Crippen molar-refractivity contribution in [1.29, 1.82) is 0 Å².